The maximum absolute atomic E-state index is 13.8. The van der Waals surface area contributed by atoms with Crippen molar-refractivity contribution in [2.24, 2.45) is 5.92 Å². The topological polar surface area (TPSA) is 84.7 Å². The van der Waals surface area contributed by atoms with Gasteiger partial charge in [0, 0.05) is 37.7 Å². The molecule has 2 aromatic rings. The van der Waals surface area contributed by atoms with Gasteiger partial charge in [-0.2, -0.15) is 13.2 Å². The van der Waals surface area contributed by atoms with E-state index < -0.39 is 35.6 Å². The highest BCUT2D eigenvalue weighted by Gasteiger charge is 2.41. The monoisotopic (exact) mass is 550 g/mol. The summed E-state index contributed by atoms with van der Waals surface area (Å²) in [6.45, 7) is 2.56. The molecule has 1 aliphatic heterocycles. The number of aromatic nitrogens is 2. The first-order chi connectivity index (χ1) is 17.3. The summed E-state index contributed by atoms with van der Waals surface area (Å²) in [4.78, 5) is 29.0. The molecule has 2 amide bonds. The molecule has 0 bridgehead atoms. The van der Waals surface area contributed by atoms with Gasteiger partial charge in [-0.25, -0.2) is 13.8 Å². The number of imidazole rings is 1. The molecule has 1 saturated heterocycles. The van der Waals surface area contributed by atoms with Gasteiger partial charge in [0.1, 0.15) is 16.8 Å². The first kappa shape index (κ1) is 27.6. The number of halogens is 6. The van der Waals surface area contributed by atoms with E-state index in [1.54, 1.807) is 0 Å². The molecule has 1 aliphatic carbocycles. The molecule has 37 heavy (non-hydrogen) atoms. The number of rotatable bonds is 6. The van der Waals surface area contributed by atoms with E-state index in [4.69, 9.17) is 16.3 Å². The van der Waals surface area contributed by atoms with Gasteiger partial charge in [0.25, 0.3) is 5.91 Å². The Kier molecular flexibility index (Phi) is 7.99. The Morgan fingerprint density at radius 3 is 2.46 bits per heavy atom. The summed E-state index contributed by atoms with van der Waals surface area (Å²) in [5.41, 5.74) is -1.64. The number of fused-ring (bicyclic) bond motifs is 1. The second-order valence-electron chi connectivity index (χ2n) is 9.76. The van der Waals surface area contributed by atoms with E-state index in [1.807, 2.05) is 0 Å². The van der Waals surface area contributed by atoms with Crippen molar-refractivity contribution in [2.45, 2.75) is 76.1 Å². The molecular formula is C24H28ClF5N4O3. The van der Waals surface area contributed by atoms with Crippen molar-refractivity contribution in [3.63, 3.8) is 0 Å². The molecule has 7 nitrogen and oxygen atoms in total. The molecule has 1 saturated carbocycles. The Morgan fingerprint density at radius 2 is 1.84 bits per heavy atom. The maximum Gasteiger partial charge on any atom is 0.435 e. The van der Waals surface area contributed by atoms with Crippen LogP contribution in [0.4, 0.5) is 22.0 Å². The van der Waals surface area contributed by atoms with Gasteiger partial charge in [0.15, 0.2) is 5.69 Å². The Labute approximate surface area is 215 Å². The van der Waals surface area contributed by atoms with E-state index in [1.165, 1.54) is 13.0 Å². The number of alkyl halides is 5. The van der Waals surface area contributed by atoms with Gasteiger partial charge in [-0.1, -0.05) is 11.6 Å². The average Bonchev–Trinajstić information content (AvgIpc) is 3.20. The van der Waals surface area contributed by atoms with E-state index >= 15 is 0 Å². The summed E-state index contributed by atoms with van der Waals surface area (Å²) < 4.78 is 74.9. The van der Waals surface area contributed by atoms with Crippen LogP contribution in [-0.4, -0.2) is 52.4 Å². The van der Waals surface area contributed by atoms with Crippen molar-refractivity contribution >= 4 is 29.1 Å². The Balaban J connectivity index is 1.54. The predicted octanol–water partition coefficient (Wildman–Crippen LogP) is 4.79. The first-order valence-corrected chi connectivity index (χ1v) is 12.6. The number of carbonyl (C=O) groups excluding carboxylic acids is 2. The van der Waals surface area contributed by atoms with Gasteiger partial charge in [-0.3, -0.25) is 14.0 Å². The zero-order valence-electron chi connectivity index (χ0n) is 20.1. The number of carbonyl (C=O) groups is 2. The molecule has 3 heterocycles. The summed E-state index contributed by atoms with van der Waals surface area (Å²) in [6, 6.07) is 1.40. The molecule has 2 aromatic heterocycles. The average molecular weight is 551 g/mol. The lowest BCUT2D eigenvalue weighted by atomic mass is 9.83. The van der Waals surface area contributed by atoms with Crippen molar-refractivity contribution in [3.8, 4) is 0 Å². The van der Waals surface area contributed by atoms with E-state index in [9.17, 15) is 31.5 Å². The molecule has 0 aromatic carbocycles. The second-order valence-corrected chi connectivity index (χ2v) is 10.1. The third-order valence-electron chi connectivity index (χ3n) is 6.93. The molecule has 2 fully saturated rings. The molecule has 1 unspecified atom stereocenters. The standard InChI is InChI=1S/C24H28ClF5N4O3/c1-13(21(35)32-16-4-8-37-9-5-16)31-22(36)15-11-18(25)34-17(10-14-2-6-23(26,27)7-3-14)20(24(28,29)30)33-19(34)12-15/h11-14,16H,2-10H2,1H3,(H,31,36)(H,32,35). The first-order valence-electron chi connectivity index (χ1n) is 12.2. The fraction of sp³-hybridized carbons (Fsp3) is 0.625. The summed E-state index contributed by atoms with van der Waals surface area (Å²) in [7, 11) is 0. The van der Waals surface area contributed by atoms with Crippen LogP contribution in [0.5, 0.6) is 0 Å². The van der Waals surface area contributed by atoms with E-state index in [0.717, 1.165) is 10.5 Å². The zero-order valence-corrected chi connectivity index (χ0v) is 20.9. The zero-order chi connectivity index (χ0) is 27.0. The highest BCUT2D eigenvalue weighted by molar-refractivity contribution is 6.30. The minimum Gasteiger partial charge on any atom is -0.381 e. The minimum absolute atomic E-state index is 0.0640. The fourth-order valence-corrected chi connectivity index (χ4v) is 5.13. The summed E-state index contributed by atoms with van der Waals surface area (Å²) in [5, 5.41) is 5.19. The van der Waals surface area contributed by atoms with Crippen molar-refractivity contribution in [1.82, 2.24) is 20.0 Å². The van der Waals surface area contributed by atoms with Crippen LogP contribution in [-0.2, 0) is 22.1 Å². The van der Waals surface area contributed by atoms with Crippen LogP contribution in [0.25, 0.3) is 5.65 Å². The van der Waals surface area contributed by atoms with Crippen LogP contribution < -0.4 is 10.6 Å². The number of hydrogen-bond donors (Lipinski definition) is 2. The molecule has 2 aliphatic rings. The number of ether oxygens (including phenoxy) is 1. The normalized spacial score (nSPS) is 20.1. The lowest BCUT2D eigenvalue weighted by molar-refractivity contribution is -0.141. The molecule has 13 heteroatoms. The van der Waals surface area contributed by atoms with Crippen LogP contribution >= 0.6 is 11.6 Å². The Bertz CT molecular complexity index is 1150. The van der Waals surface area contributed by atoms with Crippen molar-refractivity contribution in [1.29, 1.82) is 0 Å². The summed E-state index contributed by atoms with van der Waals surface area (Å²) in [5.74, 6) is -4.28. The highest BCUT2D eigenvalue weighted by Crippen LogP contribution is 2.40. The third-order valence-corrected chi connectivity index (χ3v) is 7.21. The summed E-state index contributed by atoms with van der Waals surface area (Å²) in [6.07, 6.45) is -4.20. The van der Waals surface area contributed by atoms with Crippen LogP contribution in [0.2, 0.25) is 5.15 Å². The van der Waals surface area contributed by atoms with Gasteiger partial charge in [0.2, 0.25) is 11.8 Å². The summed E-state index contributed by atoms with van der Waals surface area (Å²) >= 11 is 6.33. The third kappa shape index (κ3) is 6.51. The Hall–Kier alpha value is -2.47. The van der Waals surface area contributed by atoms with Crippen molar-refractivity contribution < 1.29 is 36.3 Å². The van der Waals surface area contributed by atoms with E-state index in [-0.39, 0.29) is 66.1 Å². The van der Waals surface area contributed by atoms with Crippen LogP contribution in [0, 0.1) is 5.92 Å². The number of hydrogen-bond acceptors (Lipinski definition) is 4. The quantitative estimate of drug-likeness (QED) is 0.400. The number of pyridine rings is 1. The second kappa shape index (κ2) is 10.7. The smallest absolute Gasteiger partial charge is 0.381 e. The highest BCUT2D eigenvalue weighted by atomic mass is 35.5. The van der Waals surface area contributed by atoms with Crippen molar-refractivity contribution in [3.05, 3.63) is 34.2 Å². The largest absolute Gasteiger partial charge is 0.435 e. The fourth-order valence-electron chi connectivity index (χ4n) is 4.82. The van der Waals surface area contributed by atoms with E-state index in [0.29, 0.717) is 26.1 Å². The molecule has 1 atom stereocenters. The minimum atomic E-state index is -4.80. The predicted molar refractivity (Wildman–Crippen MR) is 125 cm³/mol. The molecule has 0 spiro atoms. The lowest BCUT2D eigenvalue weighted by Gasteiger charge is -2.28. The van der Waals surface area contributed by atoms with Crippen LogP contribution in [0.3, 0.4) is 0 Å². The molecule has 2 N–H and O–H groups in total. The van der Waals surface area contributed by atoms with Gasteiger partial charge >= 0.3 is 6.18 Å². The SMILES string of the molecule is CC(NC(=O)c1cc(Cl)n2c(CC3CCC(F)(F)CC3)c(C(F)(F)F)nc2c1)C(=O)NC1CCOCC1. The van der Waals surface area contributed by atoms with Gasteiger partial charge in [-0.15, -0.1) is 0 Å². The van der Waals surface area contributed by atoms with Crippen LogP contribution in [0.15, 0.2) is 12.1 Å². The lowest BCUT2D eigenvalue weighted by Crippen LogP contribution is -2.49. The maximum atomic E-state index is 13.8. The van der Waals surface area contributed by atoms with Gasteiger partial charge in [0.05, 0.1) is 5.69 Å². The van der Waals surface area contributed by atoms with E-state index in [2.05, 4.69) is 15.6 Å². The van der Waals surface area contributed by atoms with Crippen LogP contribution in [0.1, 0.15) is 67.2 Å². The Morgan fingerprint density at radius 1 is 1.19 bits per heavy atom. The number of nitrogens with zero attached hydrogens (tertiary/aromatic N) is 2. The molecule has 204 valence electrons. The number of nitrogens with one attached hydrogen (secondary N) is 2. The molecular weight excluding hydrogens is 523 g/mol. The molecule has 4 rings (SSSR count). The van der Waals surface area contributed by atoms with Gasteiger partial charge in [-0.05, 0) is 57.1 Å². The number of amides is 2. The van der Waals surface area contributed by atoms with Crippen molar-refractivity contribution in [2.75, 3.05) is 13.2 Å². The molecule has 0 radical (unpaired) electrons. The van der Waals surface area contributed by atoms with Gasteiger partial charge < -0.3 is 15.4 Å².